The molecule has 2 aromatic rings. The molecule has 0 saturated carbocycles. The zero-order valence-electron chi connectivity index (χ0n) is 16.6. The van der Waals surface area contributed by atoms with Crippen molar-refractivity contribution < 1.29 is 38.4 Å². The molecule has 2 aliphatic rings. The van der Waals surface area contributed by atoms with Crippen LogP contribution in [0.1, 0.15) is 67.1 Å². The fourth-order valence-corrected chi connectivity index (χ4v) is 3.33. The molecule has 32 heavy (non-hydrogen) atoms. The molecule has 2 aromatic carbocycles. The molecular formula is C22H16N2O8. The molecule has 0 spiro atoms. The summed E-state index contributed by atoms with van der Waals surface area (Å²) in [6.07, 6.45) is 0.0693. The Labute approximate surface area is 181 Å². The second-order valence-electron chi connectivity index (χ2n) is 7.03. The van der Waals surface area contributed by atoms with Crippen LogP contribution in [0.4, 0.5) is 0 Å². The van der Waals surface area contributed by atoms with Crippen LogP contribution in [-0.4, -0.2) is 45.7 Å². The maximum atomic E-state index is 12.2. The Bertz CT molecular complexity index is 1010. The zero-order valence-corrected chi connectivity index (χ0v) is 16.6. The Hall–Kier alpha value is -4.34. The van der Waals surface area contributed by atoms with Crippen molar-refractivity contribution in [3.63, 3.8) is 0 Å². The number of imide groups is 2. The van der Waals surface area contributed by atoms with Crippen LogP contribution in [0.15, 0.2) is 48.5 Å². The summed E-state index contributed by atoms with van der Waals surface area (Å²) in [5.41, 5.74) is 0.616. The smallest absolute Gasteiger partial charge is 0.330 e. The highest BCUT2D eigenvalue weighted by Crippen LogP contribution is 2.24. The lowest BCUT2D eigenvalue weighted by atomic mass is 10.1. The van der Waals surface area contributed by atoms with Crippen molar-refractivity contribution >= 4 is 35.6 Å². The molecule has 0 saturated heterocycles. The van der Waals surface area contributed by atoms with Crippen molar-refractivity contribution in [2.24, 2.45) is 0 Å². The number of amides is 4. The van der Waals surface area contributed by atoms with Gasteiger partial charge in [-0.05, 0) is 37.1 Å². The number of benzene rings is 2. The lowest BCUT2D eigenvalue weighted by Gasteiger charge is -2.13. The van der Waals surface area contributed by atoms with Crippen LogP contribution in [0, 0.1) is 0 Å². The van der Waals surface area contributed by atoms with E-state index >= 15 is 0 Å². The van der Waals surface area contributed by atoms with E-state index in [1.54, 1.807) is 24.3 Å². The van der Waals surface area contributed by atoms with Gasteiger partial charge in [0.1, 0.15) is 0 Å². The van der Waals surface area contributed by atoms with Gasteiger partial charge >= 0.3 is 11.9 Å². The largest absolute Gasteiger partial charge is 0.333 e. The van der Waals surface area contributed by atoms with Crippen LogP contribution in [-0.2, 0) is 19.3 Å². The number of hydrogen-bond acceptors (Lipinski definition) is 8. The predicted molar refractivity (Wildman–Crippen MR) is 105 cm³/mol. The Kier molecular flexibility index (Phi) is 5.50. The number of hydroxylamine groups is 4. The van der Waals surface area contributed by atoms with Gasteiger partial charge in [-0.3, -0.25) is 19.2 Å². The van der Waals surface area contributed by atoms with Gasteiger partial charge in [0, 0.05) is 12.8 Å². The molecular weight excluding hydrogens is 420 g/mol. The lowest BCUT2D eigenvalue weighted by Crippen LogP contribution is -2.33. The molecule has 0 bridgehead atoms. The standard InChI is InChI=1S/C22H16N2O8/c25-17(31-23-19(27)13-7-1-2-8-14(13)20(23)28)11-5-6-12-18(26)32-24-21(29)15-9-3-4-10-16(15)22(24)30/h1-4,7-10H,5-6,11-12H2. The van der Waals surface area contributed by atoms with Gasteiger partial charge in [-0.25, -0.2) is 9.59 Å². The highest BCUT2D eigenvalue weighted by molar-refractivity contribution is 6.21. The molecule has 0 radical (unpaired) electrons. The van der Waals surface area contributed by atoms with E-state index < -0.39 is 35.6 Å². The normalized spacial score (nSPS) is 14.5. The van der Waals surface area contributed by atoms with Crippen molar-refractivity contribution in [2.75, 3.05) is 0 Å². The average Bonchev–Trinajstić information content (AvgIpc) is 3.18. The quantitative estimate of drug-likeness (QED) is 0.477. The molecule has 0 unspecified atom stereocenters. The molecule has 0 atom stereocenters. The molecule has 0 fully saturated rings. The Morgan fingerprint density at radius 3 is 1.12 bits per heavy atom. The molecule has 2 heterocycles. The summed E-state index contributed by atoms with van der Waals surface area (Å²) in [6, 6.07) is 12.2. The molecule has 2 aliphatic heterocycles. The third kappa shape index (κ3) is 3.73. The van der Waals surface area contributed by atoms with Gasteiger partial charge in [-0.2, -0.15) is 0 Å². The molecule has 0 N–H and O–H groups in total. The minimum absolute atomic E-state index is 0.154. The van der Waals surface area contributed by atoms with E-state index in [1.807, 2.05) is 0 Å². The van der Waals surface area contributed by atoms with E-state index in [0.717, 1.165) is 0 Å². The van der Waals surface area contributed by atoms with E-state index in [9.17, 15) is 28.8 Å². The van der Waals surface area contributed by atoms with Gasteiger partial charge in [0.2, 0.25) is 0 Å². The van der Waals surface area contributed by atoms with Gasteiger partial charge in [-0.15, -0.1) is 0 Å². The Balaban J connectivity index is 1.21. The predicted octanol–water partition coefficient (Wildman–Crippen LogP) is 2.06. The number of hydrogen-bond donors (Lipinski definition) is 0. The molecule has 0 aromatic heterocycles. The summed E-state index contributed by atoms with van der Waals surface area (Å²) in [5, 5.41) is 0.840. The first kappa shape index (κ1) is 20.9. The highest BCUT2D eigenvalue weighted by atomic mass is 16.7. The number of unbranched alkanes of at least 4 members (excludes halogenated alkanes) is 1. The van der Waals surface area contributed by atoms with Crippen LogP contribution in [0.2, 0.25) is 0 Å². The molecule has 4 amide bonds. The van der Waals surface area contributed by atoms with Gasteiger partial charge in [0.15, 0.2) is 0 Å². The summed E-state index contributed by atoms with van der Waals surface area (Å²) in [7, 11) is 0. The second-order valence-corrected chi connectivity index (χ2v) is 7.03. The highest BCUT2D eigenvalue weighted by Gasteiger charge is 2.39. The Morgan fingerprint density at radius 1 is 0.562 bits per heavy atom. The minimum Gasteiger partial charge on any atom is -0.330 e. The van der Waals surface area contributed by atoms with Crippen LogP contribution in [0.5, 0.6) is 0 Å². The van der Waals surface area contributed by atoms with E-state index in [0.29, 0.717) is 10.1 Å². The number of rotatable bonds is 7. The molecule has 10 heteroatoms. The second kappa shape index (κ2) is 8.42. The molecule has 0 aliphatic carbocycles. The topological polar surface area (TPSA) is 127 Å². The monoisotopic (exact) mass is 436 g/mol. The zero-order chi connectivity index (χ0) is 22.8. The number of carbonyl (C=O) groups is 6. The van der Waals surface area contributed by atoms with Crippen molar-refractivity contribution in [3.05, 3.63) is 70.8 Å². The van der Waals surface area contributed by atoms with Crippen molar-refractivity contribution in [1.82, 2.24) is 10.1 Å². The summed E-state index contributed by atoms with van der Waals surface area (Å²) >= 11 is 0. The fraction of sp³-hybridized carbons (Fsp3) is 0.182. The summed E-state index contributed by atoms with van der Waals surface area (Å²) in [6.45, 7) is 0. The van der Waals surface area contributed by atoms with E-state index in [1.165, 1.54) is 24.3 Å². The van der Waals surface area contributed by atoms with E-state index in [2.05, 4.69) is 0 Å². The van der Waals surface area contributed by atoms with Crippen LogP contribution in [0.3, 0.4) is 0 Å². The van der Waals surface area contributed by atoms with Crippen LogP contribution >= 0.6 is 0 Å². The maximum Gasteiger partial charge on any atom is 0.333 e. The van der Waals surface area contributed by atoms with Gasteiger partial charge in [-0.1, -0.05) is 34.4 Å². The number of fused-ring (bicyclic) bond motifs is 2. The number of carbonyl (C=O) groups excluding carboxylic acids is 6. The first-order valence-electron chi connectivity index (χ1n) is 9.75. The first-order valence-corrected chi connectivity index (χ1v) is 9.75. The van der Waals surface area contributed by atoms with Crippen molar-refractivity contribution in [1.29, 1.82) is 0 Å². The number of nitrogens with zero attached hydrogens (tertiary/aromatic N) is 2. The third-order valence-electron chi connectivity index (χ3n) is 4.91. The third-order valence-corrected chi connectivity index (χ3v) is 4.91. The van der Waals surface area contributed by atoms with E-state index in [-0.39, 0.29) is 47.9 Å². The lowest BCUT2D eigenvalue weighted by molar-refractivity contribution is -0.170. The maximum absolute atomic E-state index is 12.2. The molecule has 10 nitrogen and oxygen atoms in total. The SMILES string of the molecule is O=C(CCCCC(=O)ON1C(=O)c2ccccc2C1=O)ON1C(=O)c2ccccc2C1=O. The fourth-order valence-electron chi connectivity index (χ4n) is 3.33. The van der Waals surface area contributed by atoms with E-state index in [4.69, 9.17) is 9.68 Å². The minimum atomic E-state index is -0.812. The average molecular weight is 436 g/mol. The summed E-state index contributed by atoms with van der Waals surface area (Å²) < 4.78 is 0. The van der Waals surface area contributed by atoms with Gasteiger partial charge < -0.3 is 9.68 Å². The Morgan fingerprint density at radius 2 is 0.844 bits per heavy atom. The van der Waals surface area contributed by atoms with Crippen LogP contribution < -0.4 is 0 Å². The first-order chi connectivity index (χ1) is 15.4. The molecule has 4 rings (SSSR count). The van der Waals surface area contributed by atoms with Crippen LogP contribution in [0.25, 0.3) is 0 Å². The summed E-state index contributed by atoms with van der Waals surface area (Å²) in [5.74, 6) is -4.50. The van der Waals surface area contributed by atoms with Crippen molar-refractivity contribution in [3.8, 4) is 0 Å². The van der Waals surface area contributed by atoms with Gasteiger partial charge in [0.25, 0.3) is 23.6 Å². The van der Waals surface area contributed by atoms with Crippen molar-refractivity contribution in [2.45, 2.75) is 25.7 Å². The van der Waals surface area contributed by atoms with Gasteiger partial charge in [0.05, 0.1) is 22.3 Å². The summed E-state index contributed by atoms with van der Waals surface area (Å²) in [4.78, 5) is 82.4. The molecule has 162 valence electrons.